The van der Waals surface area contributed by atoms with Crippen LogP contribution in [0.25, 0.3) is 32.7 Å². The van der Waals surface area contributed by atoms with Crippen LogP contribution in [0, 0.1) is 0 Å². The van der Waals surface area contributed by atoms with E-state index in [0.717, 1.165) is 29.9 Å². The van der Waals surface area contributed by atoms with Gasteiger partial charge in [0.05, 0.1) is 12.1 Å². The molecule has 1 aliphatic heterocycles. The lowest BCUT2D eigenvalue weighted by molar-refractivity contribution is 0.739. The van der Waals surface area contributed by atoms with E-state index in [1.807, 2.05) is 0 Å². The number of nitrogens with zero attached hydrogens (tertiary/aromatic N) is 2. The Balaban J connectivity index is 1.34. The first-order valence-electron chi connectivity index (χ1n) is 17.7. The molecule has 1 heterocycles. The topological polar surface area (TPSA) is 15.6 Å². The summed E-state index contributed by atoms with van der Waals surface area (Å²) in [7, 11) is 0. The number of anilines is 1. The molecule has 0 spiro atoms. The Kier molecular flexibility index (Phi) is 7.70. The fraction of sp³-hybridized carbons (Fsp3) is 0.104. The second-order valence-corrected chi connectivity index (χ2v) is 13.4. The van der Waals surface area contributed by atoms with Gasteiger partial charge in [-0.3, -0.25) is 4.99 Å². The number of amidine groups is 1. The van der Waals surface area contributed by atoms with Crippen LogP contribution in [0.15, 0.2) is 187 Å². The molecule has 2 atom stereocenters. The smallest absolute Gasteiger partial charge is 0.136 e. The summed E-state index contributed by atoms with van der Waals surface area (Å²) in [5.74, 6) is 1.02. The van der Waals surface area contributed by atoms with Crippen molar-refractivity contribution in [2.75, 3.05) is 4.90 Å². The number of benzene rings is 6. The molecule has 6 aromatic rings. The molecule has 0 radical (unpaired) electrons. The summed E-state index contributed by atoms with van der Waals surface area (Å²) >= 11 is 0. The minimum Gasteiger partial charge on any atom is -0.317 e. The zero-order valence-corrected chi connectivity index (χ0v) is 28.2. The molecule has 50 heavy (non-hydrogen) atoms. The molecule has 0 amide bonds. The molecule has 240 valence electrons. The average molecular weight is 643 g/mol. The molecule has 0 bridgehead atoms. The van der Waals surface area contributed by atoms with Gasteiger partial charge in [-0.2, -0.15) is 0 Å². The molecule has 9 rings (SSSR count). The van der Waals surface area contributed by atoms with E-state index in [9.17, 15) is 0 Å². The van der Waals surface area contributed by atoms with Crippen LogP contribution in [0.1, 0.15) is 36.5 Å². The third kappa shape index (κ3) is 5.34. The molecular weight excluding hydrogens is 605 g/mol. The van der Waals surface area contributed by atoms with Gasteiger partial charge >= 0.3 is 0 Å². The highest BCUT2D eigenvalue weighted by Gasteiger charge is 2.36. The third-order valence-corrected chi connectivity index (χ3v) is 10.3. The van der Waals surface area contributed by atoms with Crippen LogP contribution < -0.4 is 15.3 Å². The first kappa shape index (κ1) is 30.1. The number of para-hydroxylation sites is 1. The highest BCUT2D eigenvalue weighted by atomic mass is 15.3. The maximum absolute atomic E-state index is 5.37. The Hall–Kier alpha value is -5.99. The van der Waals surface area contributed by atoms with Gasteiger partial charge in [0.2, 0.25) is 0 Å². The first-order valence-corrected chi connectivity index (χ1v) is 17.7. The second-order valence-electron chi connectivity index (χ2n) is 13.4. The molecule has 0 saturated carbocycles. The zero-order chi connectivity index (χ0) is 33.4. The van der Waals surface area contributed by atoms with Gasteiger partial charge in [0.25, 0.3) is 0 Å². The number of hydrogen-bond donors (Lipinski definition) is 0. The first-order chi connectivity index (χ1) is 24.7. The third-order valence-electron chi connectivity index (χ3n) is 10.3. The van der Waals surface area contributed by atoms with Crippen molar-refractivity contribution in [1.82, 2.24) is 0 Å². The fourth-order valence-electron chi connectivity index (χ4n) is 7.86. The molecule has 3 aliphatic rings. The maximum Gasteiger partial charge on any atom is 0.136 e. The maximum atomic E-state index is 5.37. The van der Waals surface area contributed by atoms with Crippen molar-refractivity contribution in [2.45, 2.75) is 31.8 Å². The van der Waals surface area contributed by atoms with Gasteiger partial charge in [-0.1, -0.05) is 153 Å². The standard InChI is InChI=1S/C48H38N2/c1-2-3-5-18-38-31-43(37-25-23-33-14-8-10-16-35(33)29-37)44-32-40(27-28-42(44)47(38)39-26-24-34-15-9-11-17-36(34)30-39)48-49-45-21-12-13-22-46(45)50(48)41-19-6-4-7-20-41/h3-30,32,45-46H,2,31H2,1H3/b5-3-,38-18+. The van der Waals surface area contributed by atoms with E-state index in [2.05, 4.69) is 188 Å². The minimum absolute atomic E-state index is 0.0785. The Morgan fingerprint density at radius 1 is 0.640 bits per heavy atom. The summed E-state index contributed by atoms with van der Waals surface area (Å²) in [5, 5.41) is 7.56. The van der Waals surface area contributed by atoms with Gasteiger partial charge in [-0.25, -0.2) is 0 Å². The van der Waals surface area contributed by atoms with Crippen molar-refractivity contribution in [1.29, 1.82) is 0 Å². The fourth-order valence-corrected chi connectivity index (χ4v) is 7.86. The second kappa shape index (κ2) is 12.8. The number of allylic oxidation sites excluding steroid dienone is 6. The lowest BCUT2D eigenvalue weighted by Gasteiger charge is -2.29. The van der Waals surface area contributed by atoms with E-state index >= 15 is 0 Å². The number of hydrogen-bond acceptors (Lipinski definition) is 2. The Bertz CT molecular complexity index is 2560. The van der Waals surface area contributed by atoms with E-state index in [0.29, 0.717) is 0 Å². The molecule has 2 nitrogen and oxygen atoms in total. The van der Waals surface area contributed by atoms with Crippen LogP contribution >= 0.6 is 0 Å². The van der Waals surface area contributed by atoms with E-state index in [1.165, 1.54) is 59.8 Å². The Labute approximate surface area is 293 Å². The van der Waals surface area contributed by atoms with Gasteiger partial charge in [0.15, 0.2) is 0 Å². The van der Waals surface area contributed by atoms with Crippen LogP contribution in [-0.4, -0.2) is 17.9 Å². The van der Waals surface area contributed by atoms with Crippen LogP contribution in [0.3, 0.4) is 0 Å². The minimum atomic E-state index is 0.0785. The van der Waals surface area contributed by atoms with E-state index in [-0.39, 0.29) is 12.1 Å². The summed E-state index contributed by atoms with van der Waals surface area (Å²) in [4.78, 5) is 7.79. The van der Waals surface area contributed by atoms with Gasteiger partial charge in [0, 0.05) is 11.3 Å². The van der Waals surface area contributed by atoms with Crippen molar-refractivity contribution < 1.29 is 0 Å². The van der Waals surface area contributed by atoms with Gasteiger partial charge in [-0.15, -0.1) is 0 Å². The van der Waals surface area contributed by atoms with E-state index in [4.69, 9.17) is 4.99 Å². The zero-order valence-electron chi connectivity index (χ0n) is 28.2. The molecule has 2 aliphatic carbocycles. The molecule has 0 aromatic heterocycles. The predicted molar refractivity (Wildman–Crippen MR) is 212 cm³/mol. The quantitative estimate of drug-likeness (QED) is 0.177. The lowest BCUT2D eigenvalue weighted by atomic mass is 9.81. The highest BCUT2D eigenvalue weighted by molar-refractivity contribution is 6.12. The SMILES string of the molecule is CC/C=C\C=C1/CC(c2ccc3ccccc3c2)=c2cc(C3=NC4C=CC=CC4N3c3ccccc3)ccc2=C1c1ccc2ccccc2c1. The summed E-state index contributed by atoms with van der Waals surface area (Å²) in [6, 6.07) is 49.2. The van der Waals surface area contributed by atoms with Gasteiger partial charge in [-0.05, 0) is 103 Å². The van der Waals surface area contributed by atoms with Crippen molar-refractivity contribution >= 4 is 44.2 Å². The molecule has 0 saturated heterocycles. The number of rotatable bonds is 6. The molecule has 0 N–H and O–H groups in total. The molecule has 2 unspecified atom stereocenters. The summed E-state index contributed by atoms with van der Waals surface area (Å²) in [6.45, 7) is 2.19. The normalized spacial score (nSPS) is 19.1. The van der Waals surface area contributed by atoms with Crippen LogP contribution in [0.2, 0.25) is 0 Å². The van der Waals surface area contributed by atoms with E-state index in [1.54, 1.807) is 0 Å². The van der Waals surface area contributed by atoms with Gasteiger partial charge in [0.1, 0.15) is 5.84 Å². The summed E-state index contributed by atoms with van der Waals surface area (Å²) in [6.07, 6.45) is 17.4. The molecular formula is C48H38N2. The van der Waals surface area contributed by atoms with Crippen molar-refractivity contribution in [3.8, 4) is 0 Å². The monoisotopic (exact) mass is 642 g/mol. The van der Waals surface area contributed by atoms with Crippen molar-refractivity contribution in [2.24, 2.45) is 4.99 Å². The molecule has 0 fully saturated rings. The van der Waals surface area contributed by atoms with Crippen molar-refractivity contribution in [3.05, 3.63) is 209 Å². The Morgan fingerprint density at radius 3 is 2.06 bits per heavy atom. The molecule has 6 aromatic carbocycles. The Morgan fingerprint density at radius 2 is 1.30 bits per heavy atom. The highest BCUT2D eigenvalue weighted by Crippen LogP contribution is 2.35. The van der Waals surface area contributed by atoms with Crippen LogP contribution in [-0.2, 0) is 0 Å². The molecule has 2 heteroatoms. The lowest BCUT2D eigenvalue weighted by Crippen LogP contribution is -2.40. The largest absolute Gasteiger partial charge is 0.317 e. The van der Waals surface area contributed by atoms with Crippen LogP contribution in [0.5, 0.6) is 0 Å². The summed E-state index contributed by atoms with van der Waals surface area (Å²) in [5.41, 5.74) is 8.78. The van der Waals surface area contributed by atoms with Crippen molar-refractivity contribution in [3.63, 3.8) is 0 Å². The van der Waals surface area contributed by atoms with E-state index < -0.39 is 0 Å². The number of aliphatic imine (C=N–C) groups is 1. The summed E-state index contributed by atoms with van der Waals surface area (Å²) < 4.78 is 0. The number of fused-ring (bicyclic) bond motifs is 4. The average Bonchev–Trinajstić information content (AvgIpc) is 3.57. The van der Waals surface area contributed by atoms with Gasteiger partial charge < -0.3 is 4.90 Å². The predicted octanol–water partition coefficient (Wildman–Crippen LogP) is 9.82. The van der Waals surface area contributed by atoms with Crippen LogP contribution in [0.4, 0.5) is 5.69 Å².